The highest BCUT2D eigenvalue weighted by atomic mass is 79.9. The van der Waals surface area contributed by atoms with Crippen molar-refractivity contribution in [1.29, 1.82) is 0 Å². The van der Waals surface area contributed by atoms with E-state index in [4.69, 9.17) is 14.6 Å². The van der Waals surface area contributed by atoms with Crippen LogP contribution in [-0.2, 0) is 6.54 Å². The summed E-state index contributed by atoms with van der Waals surface area (Å²) >= 11 is 3.51. The quantitative estimate of drug-likeness (QED) is 0.871. The van der Waals surface area contributed by atoms with Gasteiger partial charge in [-0.2, -0.15) is 0 Å². The minimum Gasteiger partial charge on any atom is -0.497 e. The van der Waals surface area contributed by atoms with Crippen molar-refractivity contribution in [2.75, 3.05) is 34.4 Å². The lowest BCUT2D eigenvalue weighted by Gasteiger charge is -2.19. The van der Waals surface area contributed by atoms with Crippen molar-refractivity contribution in [3.05, 3.63) is 22.2 Å². The third kappa shape index (κ3) is 3.87. The maximum atomic E-state index is 8.89. The molecule has 1 N–H and O–H groups in total. The van der Waals surface area contributed by atoms with E-state index in [-0.39, 0.29) is 6.61 Å². The number of aliphatic hydroxyl groups excluding tert-OH is 1. The standard InChI is InChI=1S/C12H18BrNO3/c1-14(4-5-15)8-10-11(13)6-9(16-2)7-12(10)17-3/h6-7,15H,4-5,8H2,1-3H3. The van der Waals surface area contributed by atoms with E-state index in [2.05, 4.69) is 15.9 Å². The van der Waals surface area contributed by atoms with Crippen LogP contribution in [0.4, 0.5) is 0 Å². The number of methoxy groups -OCH3 is 2. The average Bonchev–Trinajstić information content (AvgIpc) is 2.31. The van der Waals surface area contributed by atoms with Crippen LogP contribution in [0, 0.1) is 0 Å². The Morgan fingerprint density at radius 1 is 1.29 bits per heavy atom. The Kier molecular flexibility index (Phi) is 5.74. The van der Waals surface area contributed by atoms with Crippen LogP contribution in [0.3, 0.4) is 0 Å². The van der Waals surface area contributed by atoms with Gasteiger partial charge >= 0.3 is 0 Å². The molecule has 0 saturated heterocycles. The van der Waals surface area contributed by atoms with E-state index in [1.165, 1.54) is 0 Å². The summed E-state index contributed by atoms with van der Waals surface area (Å²) < 4.78 is 11.5. The lowest BCUT2D eigenvalue weighted by atomic mass is 10.2. The fraction of sp³-hybridized carbons (Fsp3) is 0.500. The molecule has 0 saturated carbocycles. The Balaban J connectivity index is 2.97. The molecule has 0 fully saturated rings. The fourth-order valence-corrected chi connectivity index (χ4v) is 2.11. The highest BCUT2D eigenvalue weighted by Gasteiger charge is 2.12. The van der Waals surface area contributed by atoms with Gasteiger partial charge in [-0.3, -0.25) is 4.90 Å². The number of nitrogens with zero attached hydrogens (tertiary/aromatic N) is 1. The van der Waals surface area contributed by atoms with Gasteiger partial charge in [0.1, 0.15) is 11.5 Å². The second kappa shape index (κ2) is 6.83. The highest BCUT2D eigenvalue weighted by molar-refractivity contribution is 9.10. The lowest BCUT2D eigenvalue weighted by Crippen LogP contribution is -2.22. The Labute approximate surface area is 110 Å². The van der Waals surface area contributed by atoms with Gasteiger partial charge in [0.15, 0.2) is 0 Å². The minimum absolute atomic E-state index is 0.145. The van der Waals surface area contributed by atoms with Crippen LogP contribution >= 0.6 is 15.9 Å². The molecule has 0 aromatic heterocycles. The number of hydrogen-bond acceptors (Lipinski definition) is 4. The summed E-state index contributed by atoms with van der Waals surface area (Å²) in [6, 6.07) is 3.76. The SMILES string of the molecule is COc1cc(Br)c(CN(C)CCO)c(OC)c1. The lowest BCUT2D eigenvalue weighted by molar-refractivity contribution is 0.215. The monoisotopic (exact) mass is 303 g/mol. The predicted molar refractivity (Wildman–Crippen MR) is 70.7 cm³/mol. The molecule has 0 aliphatic rings. The summed E-state index contributed by atoms with van der Waals surface area (Å²) in [5.41, 5.74) is 1.05. The van der Waals surface area contributed by atoms with Crippen LogP contribution in [0.1, 0.15) is 5.56 Å². The van der Waals surface area contributed by atoms with Crippen molar-refractivity contribution in [3.63, 3.8) is 0 Å². The second-order valence-corrected chi connectivity index (χ2v) is 4.61. The maximum absolute atomic E-state index is 8.89. The minimum atomic E-state index is 0.145. The van der Waals surface area contributed by atoms with Crippen molar-refractivity contribution in [1.82, 2.24) is 4.90 Å². The molecule has 0 unspecified atom stereocenters. The van der Waals surface area contributed by atoms with Gasteiger partial charge in [-0.25, -0.2) is 0 Å². The summed E-state index contributed by atoms with van der Waals surface area (Å²) in [7, 11) is 5.21. The third-order valence-electron chi connectivity index (χ3n) is 2.49. The molecule has 1 rings (SSSR count). The van der Waals surface area contributed by atoms with E-state index in [0.717, 1.165) is 21.5 Å². The Hall–Kier alpha value is -0.780. The molecule has 1 aromatic rings. The van der Waals surface area contributed by atoms with Gasteiger partial charge in [-0.05, 0) is 13.1 Å². The molecule has 0 spiro atoms. The van der Waals surface area contributed by atoms with Gasteiger partial charge < -0.3 is 14.6 Å². The van der Waals surface area contributed by atoms with Crippen LogP contribution < -0.4 is 9.47 Å². The number of aliphatic hydroxyl groups is 1. The summed E-state index contributed by atoms with van der Waals surface area (Å²) in [5, 5.41) is 8.89. The molecule has 96 valence electrons. The number of likely N-dealkylation sites (N-methyl/N-ethyl adjacent to an activating group) is 1. The van der Waals surface area contributed by atoms with Crippen molar-refractivity contribution in [3.8, 4) is 11.5 Å². The van der Waals surface area contributed by atoms with Gasteiger partial charge in [-0.15, -0.1) is 0 Å². The highest BCUT2D eigenvalue weighted by Crippen LogP contribution is 2.33. The largest absolute Gasteiger partial charge is 0.497 e. The van der Waals surface area contributed by atoms with Crippen molar-refractivity contribution in [2.24, 2.45) is 0 Å². The van der Waals surface area contributed by atoms with Gasteiger partial charge in [0.05, 0.1) is 20.8 Å². The molecular weight excluding hydrogens is 286 g/mol. The topological polar surface area (TPSA) is 41.9 Å². The maximum Gasteiger partial charge on any atom is 0.128 e. The van der Waals surface area contributed by atoms with E-state index in [1.807, 2.05) is 24.1 Å². The first-order valence-corrected chi connectivity index (χ1v) is 6.11. The van der Waals surface area contributed by atoms with Crippen LogP contribution in [0.5, 0.6) is 11.5 Å². The number of halogens is 1. The van der Waals surface area contributed by atoms with Crippen molar-refractivity contribution >= 4 is 15.9 Å². The number of ether oxygens (including phenoxy) is 2. The summed E-state index contributed by atoms with van der Waals surface area (Å²) in [5.74, 6) is 1.53. The first-order chi connectivity index (χ1) is 8.12. The first-order valence-electron chi connectivity index (χ1n) is 5.32. The van der Waals surface area contributed by atoms with Crippen LogP contribution in [0.25, 0.3) is 0 Å². The fourth-order valence-electron chi connectivity index (χ4n) is 1.56. The zero-order valence-corrected chi connectivity index (χ0v) is 12.0. The molecule has 0 aliphatic heterocycles. The molecule has 17 heavy (non-hydrogen) atoms. The third-order valence-corrected chi connectivity index (χ3v) is 3.20. The predicted octanol–water partition coefficient (Wildman–Crippen LogP) is 1.89. The Morgan fingerprint density at radius 3 is 2.53 bits per heavy atom. The van der Waals surface area contributed by atoms with Gasteiger partial charge in [0.25, 0.3) is 0 Å². The van der Waals surface area contributed by atoms with E-state index in [0.29, 0.717) is 13.1 Å². The normalized spacial score (nSPS) is 10.7. The summed E-state index contributed by atoms with van der Waals surface area (Å²) in [6.07, 6.45) is 0. The van der Waals surface area contributed by atoms with Gasteiger partial charge in [0, 0.05) is 29.2 Å². The molecule has 0 aliphatic carbocycles. The van der Waals surface area contributed by atoms with Gasteiger partial charge in [-0.1, -0.05) is 15.9 Å². The molecule has 0 heterocycles. The molecule has 1 aromatic carbocycles. The number of rotatable bonds is 6. The molecule has 0 bridgehead atoms. The Morgan fingerprint density at radius 2 is 2.00 bits per heavy atom. The zero-order chi connectivity index (χ0) is 12.8. The molecule has 0 radical (unpaired) electrons. The number of benzene rings is 1. The summed E-state index contributed by atoms with van der Waals surface area (Å²) in [4.78, 5) is 2.02. The van der Waals surface area contributed by atoms with Gasteiger partial charge in [0.2, 0.25) is 0 Å². The molecule has 0 amide bonds. The van der Waals surface area contributed by atoms with Crippen LogP contribution in [0.2, 0.25) is 0 Å². The zero-order valence-electron chi connectivity index (χ0n) is 10.4. The second-order valence-electron chi connectivity index (χ2n) is 3.75. The van der Waals surface area contributed by atoms with Crippen molar-refractivity contribution in [2.45, 2.75) is 6.54 Å². The number of hydrogen-bond donors (Lipinski definition) is 1. The molecule has 4 nitrogen and oxygen atoms in total. The van der Waals surface area contributed by atoms with Crippen LogP contribution in [0.15, 0.2) is 16.6 Å². The van der Waals surface area contributed by atoms with E-state index >= 15 is 0 Å². The Bertz CT molecular complexity index is 371. The van der Waals surface area contributed by atoms with Crippen molar-refractivity contribution < 1.29 is 14.6 Å². The first kappa shape index (κ1) is 14.3. The smallest absolute Gasteiger partial charge is 0.128 e. The molecule has 0 atom stereocenters. The van der Waals surface area contributed by atoms with E-state index < -0.39 is 0 Å². The molecular formula is C12H18BrNO3. The van der Waals surface area contributed by atoms with Crippen LogP contribution in [-0.4, -0.2) is 44.4 Å². The summed E-state index contributed by atoms with van der Waals surface area (Å²) in [6.45, 7) is 1.47. The molecule has 5 heteroatoms. The average molecular weight is 304 g/mol. The van der Waals surface area contributed by atoms with E-state index in [1.54, 1.807) is 14.2 Å². The van der Waals surface area contributed by atoms with E-state index in [9.17, 15) is 0 Å².